The molecule has 2 heterocycles. The first-order valence-electron chi connectivity index (χ1n) is 8.97. The minimum Gasteiger partial charge on any atom is -0.345 e. The molecule has 0 aliphatic carbocycles. The quantitative estimate of drug-likeness (QED) is 0.677. The lowest BCUT2D eigenvalue weighted by Gasteiger charge is -2.23. The first-order valence-corrected chi connectivity index (χ1v) is 8.97. The number of hydrogen-bond donors (Lipinski definition) is 1. The van der Waals surface area contributed by atoms with Crippen LogP contribution in [0.1, 0.15) is 17.1 Å². The fourth-order valence-electron chi connectivity index (χ4n) is 3.08. The van der Waals surface area contributed by atoms with Crippen LogP contribution in [0, 0.1) is 6.92 Å². The van der Waals surface area contributed by atoms with Crippen LogP contribution in [-0.4, -0.2) is 56.7 Å². The predicted octanol–water partition coefficient (Wildman–Crippen LogP) is 2.68. The van der Waals surface area contributed by atoms with Crippen molar-refractivity contribution in [2.45, 2.75) is 20.0 Å². The first kappa shape index (κ1) is 18.4. The van der Waals surface area contributed by atoms with E-state index >= 15 is 0 Å². The summed E-state index contributed by atoms with van der Waals surface area (Å²) in [5.41, 5.74) is 4.61. The second-order valence-electron chi connectivity index (χ2n) is 7.05. The minimum atomic E-state index is 0.845. The van der Waals surface area contributed by atoms with Crippen LogP contribution < -0.4 is 0 Å². The standard InChI is InChI=1S/C20H28N6/c1-16-21-12-19(22-16)15-26(11-10-24(2)3)14-18-13-25(4)23-20(18)17-8-6-5-7-9-17/h5-9,12-13H,10-11,14-15H2,1-4H3,(H,21,22). The Morgan fingerprint density at radius 2 is 1.85 bits per heavy atom. The molecular formula is C20H28N6. The van der Waals surface area contributed by atoms with Gasteiger partial charge in [-0.3, -0.25) is 9.58 Å². The zero-order chi connectivity index (χ0) is 18.5. The van der Waals surface area contributed by atoms with E-state index in [9.17, 15) is 0 Å². The topological polar surface area (TPSA) is 53.0 Å². The molecule has 0 bridgehead atoms. The number of hydrogen-bond acceptors (Lipinski definition) is 4. The monoisotopic (exact) mass is 352 g/mol. The molecule has 2 aromatic heterocycles. The molecule has 0 saturated carbocycles. The number of nitrogens with zero attached hydrogens (tertiary/aromatic N) is 5. The number of benzene rings is 1. The number of aromatic amines is 1. The van der Waals surface area contributed by atoms with Gasteiger partial charge in [0.05, 0.1) is 5.69 Å². The normalized spacial score (nSPS) is 11.6. The summed E-state index contributed by atoms with van der Waals surface area (Å²) in [5.74, 6) is 0.957. The molecule has 6 nitrogen and oxygen atoms in total. The van der Waals surface area contributed by atoms with Crippen LogP contribution >= 0.6 is 0 Å². The number of nitrogens with one attached hydrogen (secondary N) is 1. The molecule has 3 rings (SSSR count). The van der Waals surface area contributed by atoms with E-state index in [2.05, 4.69) is 64.3 Å². The molecule has 0 unspecified atom stereocenters. The number of imidazole rings is 1. The van der Waals surface area contributed by atoms with Crippen LogP contribution in [-0.2, 0) is 20.1 Å². The third kappa shape index (κ3) is 4.80. The van der Waals surface area contributed by atoms with Crippen LogP contribution in [0.5, 0.6) is 0 Å². The Bertz CT molecular complexity index is 818. The lowest BCUT2D eigenvalue weighted by atomic mass is 10.1. The van der Waals surface area contributed by atoms with Gasteiger partial charge in [0, 0.05) is 62.4 Å². The number of aryl methyl sites for hydroxylation is 2. The number of likely N-dealkylation sites (N-methyl/N-ethyl adjacent to an activating group) is 1. The Balaban J connectivity index is 1.81. The molecule has 0 fully saturated rings. The highest BCUT2D eigenvalue weighted by atomic mass is 15.3. The van der Waals surface area contributed by atoms with Crippen molar-refractivity contribution >= 4 is 0 Å². The van der Waals surface area contributed by atoms with E-state index in [-0.39, 0.29) is 0 Å². The maximum absolute atomic E-state index is 4.70. The average Bonchev–Trinajstić information content (AvgIpc) is 3.19. The van der Waals surface area contributed by atoms with E-state index in [1.54, 1.807) is 0 Å². The largest absolute Gasteiger partial charge is 0.345 e. The van der Waals surface area contributed by atoms with E-state index in [0.717, 1.165) is 49.0 Å². The lowest BCUT2D eigenvalue weighted by molar-refractivity contribution is 0.224. The van der Waals surface area contributed by atoms with Gasteiger partial charge >= 0.3 is 0 Å². The summed E-state index contributed by atoms with van der Waals surface area (Å²) < 4.78 is 1.90. The minimum absolute atomic E-state index is 0.845. The van der Waals surface area contributed by atoms with Crippen molar-refractivity contribution in [2.24, 2.45) is 7.05 Å². The fourth-order valence-corrected chi connectivity index (χ4v) is 3.08. The Morgan fingerprint density at radius 1 is 1.08 bits per heavy atom. The van der Waals surface area contributed by atoms with Crippen LogP contribution in [0.15, 0.2) is 42.7 Å². The zero-order valence-electron chi connectivity index (χ0n) is 16.1. The first-order chi connectivity index (χ1) is 12.5. The summed E-state index contributed by atoms with van der Waals surface area (Å²) >= 11 is 0. The molecule has 0 amide bonds. The molecule has 6 heteroatoms. The molecule has 0 aliphatic rings. The molecule has 0 spiro atoms. The summed E-state index contributed by atoms with van der Waals surface area (Å²) in [6.45, 7) is 5.67. The van der Waals surface area contributed by atoms with Crippen LogP contribution in [0.4, 0.5) is 0 Å². The van der Waals surface area contributed by atoms with Crippen LogP contribution in [0.3, 0.4) is 0 Å². The average molecular weight is 352 g/mol. The number of aromatic nitrogens is 4. The summed E-state index contributed by atoms with van der Waals surface area (Å²) in [6.07, 6.45) is 4.06. The van der Waals surface area contributed by atoms with Gasteiger partial charge in [-0.2, -0.15) is 5.10 Å². The lowest BCUT2D eigenvalue weighted by Crippen LogP contribution is -2.31. The van der Waals surface area contributed by atoms with Crippen molar-refractivity contribution in [1.82, 2.24) is 29.5 Å². The number of H-pyrrole nitrogens is 1. The van der Waals surface area contributed by atoms with Gasteiger partial charge < -0.3 is 9.88 Å². The van der Waals surface area contributed by atoms with Gasteiger partial charge in [-0.1, -0.05) is 30.3 Å². The Morgan fingerprint density at radius 3 is 2.50 bits per heavy atom. The molecule has 0 aliphatic heterocycles. The van der Waals surface area contributed by atoms with Crippen molar-refractivity contribution in [3.8, 4) is 11.3 Å². The molecule has 0 radical (unpaired) electrons. The maximum Gasteiger partial charge on any atom is 0.103 e. The summed E-state index contributed by atoms with van der Waals surface area (Å²) in [6, 6.07) is 10.4. The Labute approximate surface area is 155 Å². The smallest absolute Gasteiger partial charge is 0.103 e. The third-order valence-electron chi connectivity index (χ3n) is 4.36. The van der Waals surface area contributed by atoms with Gasteiger partial charge in [-0.25, -0.2) is 4.98 Å². The molecule has 1 N–H and O–H groups in total. The van der Waals surface area contributed by atoms with E-state index in [0.29, 0.717) is 0 Å². The highest BCUT2D eigenvalue weighted by molar-refractivity contribution is 5.62. The molecule has 3 aromatic rings. The van der Waals surface area contributed by atoms with Gasteiger partial charge in [-0.15, -0.1) is 0 Å². The van der Waals surface area contributed by atoms with E-state index < -0.39 is 0 Å². The second-order valence-corrected chi connectivity index (χ2v) is 7.05. The SMILES string of the molecule is Cc1ncc(CN(CCN(C)C)Cc2cn(C)nc2-c2ccccc2)[nH]1. The summed E-state index contributed by atoms with van der Waals surface area (Å²) in [7, 11) is 6.20. The number of rotatable bonds is 8. The van der Waals surface area contributed by atoms with Gasteiger partial charge in [0.25, 0.3) is 0 Å². The summed E-state index contributed by atoms with van der Waals surface area (Å²) in [5, 5.41) is 4.70. The molecular weight excluding hydrogens is 324 g/mol. The van der Waals surface area contributed by atoms with Crippen LogP contribution in [0.2, 0.25) is 0 Å². The molecule has 26 heavy (non-hydrogen) atoms. The van der Waals surface area contributed by atoms with E-state index in [4.69, 9.17) is 5.10 Å². The summed E-state index contributed by atoms with van der Waals surface area (Å²) in [4.78, 5) is 12.3. The molecule has 138 valence electrons. The van der Waals surface area contributed by atoms with E-state index in [1.807, 2.05) is 30.9 Å². The third-order valence-corrected chi connectivity index (χ3v) is 4.36. The molecule has 0 atom stereocenters. The highest BCUT2D eigenvalue weighted by Gasteiger charge is 2.15. The Hall–Kier alpha value is -2.44. The van der Waals surface area contributed by atoms with Crippen LogP contribution in [0.25, 0.3) is 11.3 Å². The Kier molecular flexibility index (Phi) is 5.85. The van der Waals surface area contributed by atoms with Crippen molar-refractivity contribution in [3.05, 3.63) is 59.8 Å². The van der Waals surface area contributed by atoms with Gasteiger partial charge in [-0.05, 0) is 21.0 Å². The molecule has 0 saturated heterocycles. The second kappa shape index (κ2) is 8.29. The predicted molar refractivity (Wildman–Crippen MR) is 105 cm³/mol. The van der Waals surface area contributed by atoms with Gasteiger partial charge in [0.2, 0.25) is 0 Å². The fraction of sp³-hybridized carbons (Fsp3) is 0.400. The van der Waals surface area contributed by atoms with Crippen molar-refractivity contribution in [3.63, 3.8) is 0 Å². The molecule has 1 aromatic carbocycles. The highest BCUT2D eigenvalue weighted by Crippen LogP contribution is 2.23. The van der Waals surface area contributed by atoms with Gasteiger partial charge in [0.15, 0.2) is 0 Å². The zero-order valence-corrected chi connectivity index (χ0v) is 16.1. The van der Waals surface area contributed by atoms with Crippen molar-refractivity contribution in [1.29, 1.82) is 0 Å². The van der Waals surface area contributed by atoms with E-state index in [1.165, 1.54) is 5.56 Å². The maximum atomic E-state index is 4.70. The van der Waals surface area contributed by atoms with Crippen molar-refractivity contribution < 1.29 is 0 Å². The van der Waals surface area contributed by atoms with Gasteiger partial charge in [0.1, 0.15) is 5.82 Å². The van der Waals surface area contributed by atoms with Crippen molar-refractivity contribution in [2.75, 3.05) is 27.2 Å².